The Kier molecular flexibility index (Phi) is 8.75. The highest BCUT2D eigenvalue weighted by atomic mass is 19.4. The zero-order valence-electron chi connectivity index (χ0n) is 20.8. The first-order chi connectivity index (χ1) is 17.6. The van der Waals surface area contributed by atoms with Gasteiger partial charge in [0, 0.05) is 12.2 Å². The molecule has 3 aromatic carbocycles. The van der Waals surface area contributed by atoms with Crippen LogP contribution in [0.15, 0.2) is 60.7 Å². The summed E-state index contributed by atoms with van der Waals surface area (Å²) in [4.78, 5) is 14.1. The van der Waals surface area contributed by atoms with E-state index < -0.39 is 23.8 Å². The van der Waals surface area contributed by atoms with Crippen molar-refractivity contribution in [2.75, 3.05) is 39.9 Å². The van der Waals surface area contributed by atoms with Crippen LogP contribution in [0.4, 0.5) is 18.9 Å². The van der Waals surface area contributed by atoms with Gasteiger partial charge < -0.3 is 29.0 Å². The first-order valence-electron chi connectivity index (χ1n) is 11.2. The number of rotatable bonds is 11. The van der Waals surface area contributed by atoms with Crippen LogP contribution in [-0.4, -0.2) is 46.1 Å². The molecule has 10 heteroatoms. The molecule has 0 heterocycles. The standard InChI is InChI=1S/C27H28F3NO6/c1-34-21-11-5-17(15-23(21)36-3)13-14-31(20-9-7-19(8-10-20)27(28,29)30)25(26(32)33)18-6-12-22(35-2)24(16-18)37-4/h5-12,15-16,25H,13-14H2,1-4H3,(H,32,33). The van der Waals surface area contributed by atoms with Gasteiger partial charge in [-0.2, -0.15) is 13.2 Å². The van der Waals surface area contributed by atoms with Crippen molar-refractivity contribution in [3.05, 3.63) is 77.4 Å². The summed E-state index contributed by atoms with van der Waals surface area (Å²) in [5.41, 5.74) is 0.688. The van der Waals surface area contributed by atoms with Crippen molar-refractivity contribution in [1.82, 2.24) is 0 Å². The molecule has 0 fully saturated rings. The highest BCUT2D eigenvalue weighted by Crippen LogP contribution is 2.36. The highest BCUT2D eigenvalue weighted by Gasteiger charge is 2.32. The second-order valence-electron chi connectivity index (χ2n) is 8.03. The van der Waals surface area contributed by atoms with Gasteiger partial charge in [-0.25, -0.2) is 4.79 Å². The molecule has 3 aromatic rings. The number of nitrogens with zero attached hydrogens (tertiary/aromatic N) is 1. The van der Waals surface area contributed by atoms with E-state index in [9.17, 15) is 23.1 Å². The van der Waals surface area contributed by atoms with Crippen LogP contribution in [0.2, 0.25) is 0 Å². The number of benzene rings is 3. The van der Waals surface area contributed by atoms with Gasteiger partial charge in [0.1, 0.15) is 0 Å². The number of aliphatic carboxylic acids is 1. The number of hydrogen-bond donors (Lipinski definition) is 1. The van der Waals surface area contributed by atoms with Crippen LogP contribution in [0.5, 0.6) is 23.0 Å². The molecule has 0 aliphatic heterocycles. The van der Waals surface area contributed by atoms with Crippen LogP contribution in [-0.2, 0) is 17.4 Å². The summed E-state index contributed by atoms with van der Waals surface area (Å²) in [7, 11) is 5.92. The molecule has 1 atom stereocenters. The van der Waals surface area contributed by atoms with Gasteiger partial charge in [-0.1, -0.05) is 12.1 Å². The Labute approximate surface area is 212 Å². The maximum atomic E-state index is 13.2. The maximum absolute atomic E-state index is 13.2. The largest absolute Gasteiger partial charge is 0.493 e. The van der Waals surface area contributed by atoms with Gasteiger partial charge >= 0.3 is 12.1 Å². The van der Waals surface area contributed by atoms with Gasteiger partial charge in [0.2, 0.25) is 0 Å². The summed E-state index contributed by atoms with van der Waals surface area (Å²) >= 11 is 0. The molecule has 0 saturated heterocycles. The number of ether oxygens (including phenoxy) is 4. The van der Waals surface area contributed by atoms with E-state index in [0.717, 1.165) is 17.7 Å². The third kappa shape index (κ3) is 6.38. The zero-order chi connectivity index (χ0) is 27.2. The van der Waals surface area contributed by atoms with Crippen LogP contribution in [0.1, 0.15) is 22.7 Å². The molecule has 0 aromatic heterocycles. The molecule has 1 N–H and O–H groups in total. The second kappa shape index (κ2) is 11.8. The summed E-state index contributed by atoms with van der Waals surface area (Å²) in [6.45, 7) is 0.173. The fraction of sp³-hybridized carbons (Fsp3) is 0.296. The molecule has 0 aliphatic rings. The van der Waals surface area contributed by atoms with Crippen LogP contribution in [0.25, 0.3) is 0 Å². The molecule has 37 heavy (non-hydrogen) atoms. The van der Waals surface area contributed by atoms with E-state index in [4.69, 9.17) is 18.9 Å². The Bertz CT molecular complexity index is 1210. The first kappa shape index (κ1) is 27.5. The van der Waals surface area contributed by atoms with E-state index in [1.54, 1.807) is 35.2 Å². The van der Waals surface area contributed by atoms with Gasteiger partial charge in [-0.05, 0) is 66.1 Å². The quantitative estimate of drug-likeness (QED) is 0.353. The molecule has 198 valence electrons. The number of methoxy groups -OCH3 is 4. The number of carboxylic acids is 1. The van der Waals surface area contributed by atoms with Crippen LogP contribution >= 0.6 is 0 Å². The Morgan fingerprint density at radius 2 is 1.35 bits per heavy atom. The lowest BCUT2D eigenvalue weighted by atomic mass is 10.0. The zero-order valence-corrected chi connectivity index (χ0v) is 20.8. The minimum absolute atomic E-state index is 0.173. The summed E-state index contributed by atoms with van der Waals surface area (Å²) in [5, 5.41) is 10.2. The van der Waals surface area contributed by atoms with E-state index in [1.165, 1.54) is 40.6 Å². The molecular weight excluding hydrogens is 491 g/mol. The lowest BCUT2D eigenvalue weighted by molar-refractivity contribution is -0.139. The van der Waals surface area contributed by atoms with Crippen LogP contribution in [0.3, 0.4) is 0 Å². The van der Waals surface area contributed by atoms with Gasteiger partial charge in [0.05, 0.1) is 34.0 Å². The van der Waals surface area contributed by atoms with Crippen molar-refractivity contribution >= 4 is 11.7 Å². The molecule has 3 rings (SSSR count). The number of halogens is 3. The normalized spacial score (nSPS) is 12.0. The number of alkyl halides is 3. The predicted molar refractivity (Wildman–Crippen MR) is 132 cm³/mol. The third-order valence-electron chi connectivity index (χ3n) is 5.88. The van der Waals surface area contributed by atoms with E-state index >= 15 is 0 Å². The number of carboxylic acid groups (broad SMARTS) is 1. The van der Waals surface area contributed by atoms with Gasteiger partial charge in [-0.3, -0.25) is 0 Å². The fourth-order valence-electron chi connectivity index (χ4n) is 4.01. The van der Waals surface area contributed by atoms with Gasteiger partial charge in [0.25, 0.3) is 0 Å². The van der Waals surface area contributed by atoms with Crippen LogP contribution < -0.4 is 23.8 Å². The average Bonchev–Trinajstić information content (AvgIpc) is 2.89. The van der Waals surface area contributed by atoms with Crippen molar-refractivity contribution in [2.24, 2.45) is 0 Å². The van der Waals surface area contributed by atoms with E-state index in [2.05, 4.69) is 0 Å². The lowest BCUT2D eigenvalue weighted by Gasteiger charge is -2.32. The van der Waals surface area contributed by atoms with Gasteiger partial charge in [0.15, 0.2) is 29.0 Å². The van der Waals surface area contributed by atoms with Crippen molar-refractivity contribution in [3.8, 4) is 23.0 Å². The molecule has 1 unspecified atom stereocenters. The number of hydrogen-bond acceptors (Lipinski definition) is 6. The molecule has 0 radical (unpaired) electrons. The maximum Gasteiger partial charge on any atom is 0.416 e. The molecule has 7 nitrogen and oxygen atoms in total. The topological polar surface area (TPSA) is 77.5 Å². The van der Waals surface area contributed by atoms with Crippen LogP contribution in [0, 0.1) is 0 Å². The Morgan fingerprint density at radius 3 is 1.86 bits per heavy atom. The minimum Gasteiger partial charge on any atom is -0.493 e. The summed E-state index contributed by atoms with van der Waals surface area (Å²) in [6.07, 6.45) is -4.14. The Morgan fingerprint density at radius 1 is 0.811 bits per heavy atom. The molecular formula is C27H28F3NO6. The van der Waals surface area contributed by atoms with E-state index in [-0.39, 0.29) is 6.54 Å². The number of carbonyl (C=O) groups is 1. The average molecular weight is 520 g/mol. The summed E-state index contributed by atoms with van der Waals surface area (Å²) < 4.78 is 60.7. The summed E-state index contributed by atoms with van der Waals surface area (Å²) in [6, 6.07) is 13.2. The monoisotopic (exact) mass is 519 g/mol. The molecule has 0 spiro atoms. The fourth-order valence-corrected chi connectivity index (χ4v) is 4.01. The molecule has 0 bridgehead atoms. The Balaban J connectivity index is 2.04. The van der Waals surface area contributed by atoms with Crippen molar-refractivity contribution in [1.29, 1.82) is 0 Å². The Hall–Kier alpha value is -4.08. The predicted octanol–water partition coefficient (Wildman–Crippen LogP) is 5.61. The lowest BCUT2D eigenvalue weighted by Crippen LogP contribution is -2.36. The van der Waals surface area contributed by atoms with E-state index in [1.807, 2.05) is 6.07 Å². The van der Waals surface area contributed by atoms with Crippen molar-refractivity contribution in [2.45, 2.75) is 18.6 Å². The molecule has 0 amide bonds. The smallest absolute Gasteiger partial charge is 0.416 e. The third-order valence-corrected chi connectivity index (χ3v) is 5.88. The molecule has 0 saturated carbocycles. The van der Waals surface area contributed by atoms with Gasteiger partial charge in [-0.15, -0.1) is 0 Å². The number of anilines is 1. The first-order valence-corrected chi connectivity index (χ1v) is 11.2. The summed E-state index contributed by atoms with van der Waals surface area (Å²) in [5.74, 6) is 0.620. The van der Waals surface area contributed by atoms with Crippen molar-refractivity contribution in [3.63, 3.8) is 0 Å². The highest BCUT2D eigenvalue weighted by molar-refractivity contribution is 5.80. The second-order valence-corrected chi connectivity index (χ2v) is 8.03. The van der Waals surface area contributed by atoms with Crippen molar-refractivity contribution < 1.29 is 42.0 Å². The SMILES string of the molecule is COc1ccc(CCN(c2ccc(C(F)(F)F)cc2)C(C(=O)O)c2ccc(OC)c(OC)c2)cc1OC. The minimum atomic E-state index is -4.52. The molecule has 0 aliphatic carbocycles. The van der Waals surface area contributed by atoms with E-state index in [0.29, 0.717) is 40.7 Å².